The molecule has 1 unspecified atom stereocenters. The minimum atomic E-state index is 0.558. The summed E-state index contributed by atoms with van der Waals surface area (Å²) in [6, 6.07) is 4.90. The molecule has 1 saturated heterocycles. The quantitative estimate of drug-likeness (QED) is 0.910. The predicted molar refractivity (Wildman–Crippen MR) is 96.0 cm³/mol. The van der Waals surface area contributed by atoms with Crippen LogP contribution in [-0.4, -0.2) is 59.5 Å². The Hall–Kier alpha value is -1.50. The van der Waals surface area contributed by atoms with Crippen LogP contribution in [0.5, 0.6) is 0 Å². The van der Waals surface area contributed by atoms with E-state index in [1.165, 1.54) is 10.4 Å². The highest BCUT2D eigenvalue weighted by atomic mass is 32.1. The third-order valence-electron chi connectivity index (χ3n) is 4.44. The van der Waals surface area contributed by atoms with Gasteiger partial charge < -0.3 is 10.2 Å². The van der Waals surface area contributed by atoms with E-state index in [4.69, 9.17) is 0 Å². The average molecular weight is 331 g/mol. The van der Waals surface area contributed by atoms with E-state index < -0.39 is 0 Å². The molecule has 1 N–H and O–H groups in total. The van der Waals surface area contributed by atoms with Crippen molar-refractivity contribution < 1.29 is 0 Å². The standard InChI is InChI=1S/C17H25N5S/c1-13-8-14(4-5-19-13)9-15-11-22(7-6-21(15)3)12-16-10-20-17(18-2)23-16/h4-5,8,10,15H,6-7,9,11-12H2,1-3H3,(H,18,20). The van der Waals surface area contributed by atoms with Crippen LogP contribution in [0.3, 0.4) is 0 Å². The van der Waals surface area contributed by atoms with Gasteiger partial charge in [-0.15, -0.1) is 11.3 Å². The minimum Gasteiger partial charge on any atom is -0.365 e. The zero-order chi connectivity index (χ0) is 16.2. The zero-order valence-electron chi connectivity index (χ0n) is 14.1. The molecule has 3 heterocycles. The fourth-order valence-electron chi connectivity index (χ4n) is 3.09. The molecule has 124 valence electrons. The van der Waals surface area contributed by atoms with Crippen molar-refractivity contribution in [3.8, 4) is 0 Å². The molecule has 6 heteroatoms. The van der Waals surface area contributed by atoms with Crippen LogP contribution in [0.15, 0.2) is 24.5 Å². The van der Waals surface area contributed by atoms with E-state index in [9.17, 15) is 0 Å². The lowest BCUT2D eigenvalue weighted by Crippen LogP contribution is -2.51. The van der Waals surface area contributed by atoms with Crippen LogP contribution in [0.1, 0.15) is 16.1 Å². The summed E-state index contributed by atoms with van der Waals surface area (Å²) >= 11 is 1.75. The molecule has 0 aliphatic carbocycles. The number of hydrogen-bond donors (Lipinski definition) is 1. The fourth-order valence-corrected chi connectivity index (χ4v) is 3.90. The van der Waals surface area contributed by atoms with Crippen LogP contribution in [-0.2, 0) is 13.0 Å². The number of aryl methyl sites for hydroxylation is 1. The van der Waals surface area contributed by atoms with Gasteiger partial charge in [-0.3, -0.25) is 9.88 Å². The first-order valence-corrected chi connectivity index (χ1v) is 8.92. The van der Waals surface area contributed by atoms with Crippen molar-refractivity contribution in [2.45, 2.75) is 25.9 Å². The predicted octanol–water partition coefficient (Wildman–Crippen LogP) is 2.25. The summed E-state index contributed by atoms with van der Waals surface area (Å²) in [5.74, 6) is 0. The molecular weight excluding hydrogens is 306 g/mol. The van der Waals surface area contributed by atoms with Crippen molar-refractivity contribution >= 4 is 16.5 Å². The third kappa shape index (κ3) is 4.28. The molecule has 23 heavy (non-hydrogen) atoms. The number of rotatable bonds is 5. The molecule has 0 bridgehead atoms. The third-order valence-corrected chi connectivity index (χ3v) is 5.44. The second kappa shape index (κ2) is 7.38. The summed E-state index contributed by atoms with van der Waals surface area (Å²) in [6.45, 7) is 6.40. The number of nitrogens with one attached hydrogen (secondary N) is 1. The molecule has 0 spiro atoms. The van der Waals surface area contributed by atoms with Crippen molar-refractivity contribution in [2.24, 2.45) is 0 Å². The molecule has 1 fully saturated rings. The topological polar surface area (TPSA) is 44.3 Å². The first-order valence-electron chi connectivity index (χ1n) is 8.10. The van der Waals surface area contributed by atoms with Gasteiger partial charge in [-0.25, -0.2) is 4.98 Å². The van der Waals surface area contributed by atoms with E-state index in [-0.39, 0.29) is 0 Å². The van der Waals surface area contributed by atoms with Gasteiger partial charge in [0.1, 0.15) is 0 Å². The van der Waals surface area contributed by atoms with Gasteiger partial charge in [-0.1, -0.05) is 0 Å². The fraction of sp³-hybridized carbons (Fsp3) is 0.529. The number of hydrogen-bond acceptors (Lipinski definition) is 6. The number of aromatic nitrogens is 2. The Bertz CT molecular complexity index is 641. The highest BCUT2D eigenvalue weighted by Crippen LogP contribution is 2.21. The smallest absolute Gasteiger partial charge is 0.182 e. The van der Waals surface area contributed by atoms with E-state index in [0.29, 0.717) is 6.04 Å². The molecule has 1 aliphatic heterocycles. The summed E-state index contributed by atoms with van der Waals surface area (Å²) in [5.41, 5.74) is 2.48. The molecule has 0 aromatic carbocycles. The molecule has 2 aromatic heterocycles. The Balaban J connectivity index is 1.62. The summed E-state index contributed by atoms with van der Waals surface area (Å²) in [5, 5.41) is 4.11. The Morgan fingerprint density at radius 1 is 1.35 bits per heavy atom. The van der Waals surface area contributed by atoms with Crippen LogP contribution in [0.2, 0.25) is 0 Å². The zero-order valence-corrected chi connectivity index (χ0v) is 14.9. The van der Waals surface area contributed by atoms with E-state index in [1.54, 1.807) is 11.3 Å². The molecule has 2 aromatic rings. The van der Waals surface area contributed by atoms with Crippen LogP contribution in [0.25, 0.3) is 0 Å². The van der Waals surface area contributed by atoms with Gasteiger partial charge in [-0.2, -0.15) is 0 Å². The SMILES string of the molecule is CNc1ncc(CN2CCN(C)C(Cc3ccnc(C)c3)C2)s1. The molecular formula is C17H25N5S. The number of piperazine rings is 1. The Morgan fingerprint density at radius 3 is 2.96 bits per heavy atom. The van der Waals surface area contributed by atoms with Gasteiger partial charge in [-0.05, 0) is 38.1 Å². The lowest BCUT2D eigenvalue weighted by atomic mass is 10.0. The highest BCUT2D eigenvalue weighted by molar-refractivity contribution is 7.15. The number of pyridine rings is 1. The van der Waals surface area contributed by atoms with Crippen molar-refractivity contribution in [3.05, 3.63) is 40.7 Å². The summed E-state index contributed by atoms with van der Waals surface area (Å²) in [7, 11) is 4.16. The first-order chi connectivity index (χ1) is 11.1. The second-order valence-corrected chi connectivity index (χ2v) is 7.38. The Kier molecular flexibility index (Phi) is 5.25. The van der Waals surface area contributed by atoms with Gasteiger partial charge in [0, 0.05) is 62.2 Å². The molecule has 1 atom stereocenters. The maximum Gasteiger partial charge on any atom is 0.182 e. The highest BCUT2D eigenvalue weighted by Gasteiger charge is 2.25. The van der Waals surface area contributed by atoms with Crippen LogP contribution < -0.4 is 5.32 Å². The summed E-state index contributed by atoms with van der Waals surface area (Å²) < 4.78 is 0. The molecule has 0 radical (unpaired) electrons. The van der Waals surface area contributed by atoms with Gasteiger partial charge in [0.05, 0.1) is 0 Å². The number of anilines is 1. The van der Waals surface area contributed by atoms with E-state index >= 15 is 0 Å². The maximum absolute atomic E-state index is 4.37. The largest absolute Gasteiger partial charge is 0.365 e. The lowest BCUT2D eigenvalue weighted by Gasteiger charge is -2.39. The van der Waals surface area contributed by atoms with Gasteiger partial charge >= 0.3 is 0 Å². The summed E-state index contributed by atoms with van der Waals surface area (Å²) in [4.78, 5) is 15.0. The van der Waals surface area contributed by atoms with Crippen molar-refractivity contribution in [1.29, 1.82) is 0 Å². The normalized spacial score (nSPS) is 19.9. The van der Waals surface area contributed by atoms with E-state index in [0.717, 1.165) is 43.4 Å². The number of thiazole rings is 1. The van der Waals surface area contributed by atoms with Crippen molar-refractivity contribution in [3.63, 3.8) is 0 Å². The monoisotopic (exact) mass is 331 g/mol. The maximum atomic E-state index is 4.37. The minimum absolute atomic E-state index is 0.558. The number of likely N-dealkylation sites (N-methyl/N-ethyl adjacent to an activating group) is 1. The Morgan fingerprint density at radius 2 is 2.22 bits per heavy atom. The summed E-state index contributed by atoms with van der Waals surface area (Å²) in [6.07, 6.45) is 5.00. The van der Waals surface area contributed by atoms with Crippen LogP contribution in [0.4, 0.5) is 5.13 Å². The van der Waals surface area contributed by atoms with Crippen LogP contribution in [0, 0.1) is 6.92 Å². The molecule has 0 saturated carbocycles. The number of nitrogens with zero attached hydrogens (tertiary/aromatic N) is 4. The van der Waals surface area contributed by atoms with Crippen LogP contribution >= 0.6 is 11.3 Å². The average Bonchev–Trinajstić information content (AvgIpc) is 2.98. The first kappa shape index (κ1) is 16.4. The lowest BCUT2D eigenvalue weighted by molar-refractivity contribution is 0.0911. The second-order valence-electron chi connectivity index (χ2n) is 6.26. The molecule has 1 aliphatic rings. The molecule has 5 nitrogen and oxygen atoms in total. The molecule has 3 rings (SSSR count). The van der Waals surface area contributed by atoms with Gasteiger partial charge in [0.25, 0.3) is 0 Å². The van der Waals surface area contributed by atoms with Gasteiger partial charge in [0.15, 0.2) is 5.13 Å². The Labute approximate surface area is 142 Å². The molecule has 0 amide bonds. The van der Waals surface area contributed by atoms with E-state index in [2.05, 4.69) is 51.2 Å². The van der Waals surface area contributed by atoms with Crippen molar-refractivity contribution in [1.82, 2.24) is 19.8 Å². The van der Waals surface area contributed by atoms with Gasteiger partial charge in [0.2, 0.25) is 0 Å². The van der Waals surface area contributed by atoms with Crippen molar-refractivity contribution in [2.75, 3.05) is 39.0 Å². The van der Waals surface area contributed by atoms with E-state index in [1.807, 2.05) is 19.4 Å².